The first-order valence-corrected chi connectivity index (χ1v) is 6.93. The van der Waals surface area contributed by atoms with Crippen LogP contribution < -0.4 is 11.1 Å². The van der Waals surface area contributed by atoms with E-state index in [-0.39, 0.29) is 5.78 Å². The molecule has 118 valence electrons. The lowest BCUT2D eigenvalue weighted by molar-refractivity contribution is -0.105. The first kappa shape index (κ1) is 16.3. The van der Waals surface area contributed by atoms with Gasteiger partial charge in [-0.15, -0.1) is 0 Å². The molecule has 7 nitrogen and oxygen atoms in total. The molecule has 0 aliphatic carbocycles. The molecule has 2 heterocycles. The monoisotopic (exact) mass is 311 g/mol. The molecule has 0 saturated heterocycles. The van der Waals surface area contributed by atoms with Crippen LogP contribution in [-0.4, -0.2) is 33.8 Å². The number of fused-ring (bicyclic) bond motifs is 1. The molecule has 0 bridgehead atoms. The third-order valence-corrected chi connectivity index (χ3v) is 3.11. The molecule has 0 spiro atoms. The fourth-order valence-corrected chi connectivity index (χ4v) is 2.04. The third-order valence-electron chi connectivity index (χ3n) is 3.11. The SMILES string of the molecule is CC(=O)c1ccc(-c2ccc3nc(NC=O)cn3n2)cc1.CN. The Balaban J connectivity index is 0.000000924. The Labute approximate surface area is 133 Å². The summed E-state index contributed by atoms with van der Waals surface area (Å²) in [5.74, 6) is 0.478. The van der Waals surface area contributed by atoms with E-state index >= 15 is 0 Å². The van der Waals surface area contributed by atoms with Crippen LogP contribution in [0.15, 0.2) is 42.6 Å². The second-order valence-corrected chi connectivity index (χ2v) is 4.54. The largest absolute Gasteiger partial charge is 0.333 e. The number of Topliss-reactive ketones (excluding diaryl/α,β-unsaturated/α-hetero) is 1. The van der Waals surface area contributed by atoms with Gasteiger partial charge in [0.15, 0.2) is 17.2 Å². The van der Waals surface area contributed by atoms with Crippen molar-refractivity contribution in [3.63, 3.8) is 0 Å². The van der Waals surface area contributed by atoms with Gasteiger partial charge in [0.2, 0.25) is 6.41 Å². The quantitative estimate of drug-likeness (QED) is 0.564. The summed E-state index contributed by atoms with van der Waals surface area (Å²) in [6.45, 7) is 1.53. The van der Waals surface area contributed by atoms with E-state index < -0.39 is 0 Å². The van der Waals surface area contributed by atoms with Crippen LogP contribution in [0.25, 0.3) is 16.9 Å². The minimum Gasteiger partial charge on any atom is -0.333 e. The first-order valence-electron chi connectivity index (χ1n) is 6.93. The average molecular weight is 311 g/mol. The highest BCUT2D eigenvalue weighted by Crippen LogP contribution is 2.19. The third kappa shape index (κ3) is 3.58. The molecule has 0 unspecified atom stereocenters. The van der Waals surface area contributed by atoms with Gasteiger partial charge in [-0.05, 0) is 26.1 Å². The number of nitrogens with one attached hydrogen (secondary N) is 1. The van der Waals surface area contributed by atoms with Crippen LogP contribution in [0, 0.1) is 0 Å². The van der Waals surface area contributed by atoms with Gasteiger partial charge in [-0.1, -0.05) is 24.3 Å². The molecule has 0 aliphatic heterocycles. The van der Waals surface area contributed by atoms with Crippen molar-refractivity contribution >= 4 is 23.7 Å². The van der Waals surface area contributed by atoms with E-state index in [1.807, 2.05) is 24.3 Å². The maximum atomic E-state index is 11.3. The number of carbonyl (C=O) groups is 2. The van der Waals surface area contributed by atoms with Gasteiger partial charge in [-0.25, -0.2) is 9.50 Å². The molecule has 0 fully saturated rings. The fourth-order valence-electron chi connectivity index (χ4n) is 2.04. The summed E-state index contributed by atoms with van der Waals surface area (Å²) in [4.78, 5) is 25.9. The van der Waals surface area contributed by atoms with Gasteiger partial charge in [-0.3, -0.25) is 9.59 Å². The van der Waals surface area contributed by atoms with E-state index in [2.05, 4.69) is 21.1 Å². The molecule has 0 atom stereocenters. The molecule has 7 heteroatoms. The molecule has 0 saturated carbocycles. The highest BCUT2D eigenvalue weighted by atomic mass is 16.1. The number of hydrogen-bond acceptors (Lipinski definition) is 5. The maximum absolute atomic E-state index is 11.3. The zero-order valence-corrected chi connectivity index (χ0v) is 12.9. The van der Waals surface area contributed by atoms with E-state index in [9.17, 15) is 9.59 Å². The zero-order chi connectivity index (χ0) is 16.8. The number of aromatic nitrogens is 3. The Bertz CT molecular complexity index is 824. The number of amides is 1. The number of hydrogen-bond donors (Lipinski definition) is 2. The van der Waals surface area contributed by atoms with Gasteiger partial charge in [-0.2, -0.15) is 5.10 Å². The van der Waals surface area contributed by atoms with E-state index in [1.54, 1.807) is 22.8 Å². The molecule has 0 radical (unpaired) electrons. The number of imidazole rings is 1. The molecule has 3 rings (SSSR count). The average Bonchev–Trinajstić information content (AvgIpc) is 2.98. The van der Waals surface area contributed by atoms with Gasteiger partial charge in [0.05, 0.1) is 11.9 Å². The number of nitrogens with zero attached hydrogens (tertiary/aromatic N) is 3. The lowest BCUT2D eigenvalue weighted by Crippen LogP contribution is -1.95. The Kier molecular flexibility index (Phi) is 5.16. The molecular formula is C16H17N5O2. The second-order valence-electron chi connectivity index (χ2n) is 4.54. The Morgan fingerprint density at radius 3 is 2.48 bits per heavy atom. The van der Waals surface area contributed by atoms with E-state index in [4.69, 9.17) is 0 Å². The lowest BCUT2D eigenvalue weighted by Gasteiger charge is -2.02. The summed E-state index contributed by atoms with van der Waals surface area (Å²) < 4.78 is 1.60. The summed E-state index contributed by atoms with van der Waals surface area (Å²) in [5.41, 5.74) is 7.47. The van der Waals surface area contributed by atoms with Gasteiger partial charge < -0.3 is 11.1 Å². The number of benzene rings is 1. The van der Waals surface area contributed by atoms with Crippen LogP contribution in [0.5, 0.6) is 0 Å². The van der Waals surface area contributed by atoms with Crippen molar-refractivity contribution in [1.29, 1.82) is 0 Å². The molecule has 1 aromatic carbocycles. The summed E-state index contributed by atoms with van der Waals surface area (Å²) in [6, 6.07) is 10.9. The topological polar surface area (TPSA) is 102 Å². The van der Waals surface area contributed by atoms with Crippen molar-refractivity contribution in [2.24, 2.45) is 5.73 Å². The predicted octanol–water partition coefficient (Wildman–Crippen LogP) is 1.74. The van der Waals surface area contributed by atoms with Gasteiger partial charge in [0.25, 0.3) is 0 Å². The van der Waals surface area contributed by atoms with Crippen LogP contribution in [0.3, 0.4) is 0 Å². The van der Waals surface area contributed by atoms with Crippen LogP contribution >= 0.6 is 0 Å². The zero-order valence-electron chi connectivity index (χ0n) is 12.9. The number of ketones is 1. The molecule has 1 amide bonds. The smallest absolute Gasteiger partial charge is 0.212 e. The van der Waals surface area contributed by atoms with Gasteiger partial charge in [0.1, 0.15) is 0 Å². The van der Waals surface area contributed by atoms with Crippen LogP contribution in [-0.2, 0) is 4.79 Å². The van der Waals surface area contributed by atoms with Crippen molar-refractivity contribution in [2.45, 2.75) is 6.92 Å². The normalized spacial score (nSPS) is 9.87. The van der Waals surface area contributed by atoms with Crippen molar-refractivity contribution in [1.82, 2.24) is 14.6 Å². The summed E-state index contributed by atoms with van der Waals surface area (Å²) >= 11 is 0. The summed E-state index contributed by atoms with van der Waals surface area (Å²) in [7, 11) is 1.50. The van der Waals surface area contributed by atoms with Crippen molar-refractivity contribution < 1.29 is 9.59 Å². The highest BCUT2D eigenvalue weighted by molar-refractivity contribution is 5.94. The maximum Gasteiger partial charge on any atom is 0.212 e. The Morgan fingerprint density at radius 1 is 1.17 bits per heavy atom. The first-order chi connectivity index (χ1) is 11.2. The van der Waals surface area contributed by atoms with E-state index in [0.29, 0.717) is 23.4 Å². The lowest BCUT2D eigenvalue weighted by atomic mass is 10.1. The number of rotatable bonds is 4. The van der Waals surface area contributed by atoms with Crippen LogP contribution in [0.1, 0.15) is 17.3 Å². The van der Waals surface area contributed by atoms with Crippen LogP contribution in [0.4, 0.5) is 5.82 Å². The Morgan fingerprint density at radius 2 is 1.87 bits per heavy atom. The summed E-state index contributed by atoms with van der Waals surface area (Å²) in [5, 5.41) is 6.92. The molecule has 0 aliphatic rings. The fraction of sp³-hybridized carbons (Fsp3) is 0.125. The van der Waals surface area contributed by atoms with Gasteiger partial charge >= 0.3 is 0 Å². The summed E-state index contributed by atoms with van der Waals surface area (Å²) in [6.07, 6.45) is 2.21. The molecule has 3 N–H and O–H groups in total. The minimum absolute atomic E-state index is 0.0316. The standard InChI is InChI=1S/C15H12N4O2.CH5N/c1-10(21)11-2-4-12(5-3-11)13-6-7-15-17-14(16-9-20)8-19(15)18-13;1-2/h2-9H,1H3,(H,16,20);2H2,1H3. The van der Waals surface area contributed by atoms with E-state index in [0.717, 1.165) is 11.3 Å². The number of anilines is 1. The van der Waals surface area contributed by atoms with Crippen LogP contribution in [0.2, 0.25) is 0 Å². The molecule has 2 aromatic heterocycles. The highest BCUT2D eigenvalue weighted by Gasteiger charge is 2.06. The molecule has 23 heavy (non-hydrogen) atoms. The molecule has 3 aromatic rings. The van der Waals surface area contributed by atoms with Crippen molar-refractivity contribution in [3.8, 4) is 11.3 Å². The Hall–Kier alpha value is -3.06. The second kappa shape index (κ2) is 7.28. The van der Waals surface area contributed by atoms with E-state index in [1.165, 1.54) is 14.0 Å². The minimum atomic E-state index is 0.0316. The number of carbonyl (C=O) groups excluding carboxylic acids is 2. The molecular weight excluding hydrogens is 294 g/mol. The van der Waals surface area contributed by atoms with Crippen molar-refractivity contribution in [2.75, 3.05) is 12.4 Å². The number of nitrogens with two attached hydrogens (primary N) is 1. The predicted molar refractivity (Wildman–Crippen MR) is 88.2 cm³/mol. The van der Waals surface area contributed by atoms with Crippen molar-refractivity contribution in [3.05, 3.63) is 48.2 Å². The van der Waals surface area contributed by atoms with Gasteiger partial charge in [0, 0.05) is 11.1 Å².